The van der Waals surface area contributed by atoms with Crippen LogP contribution in [0, 0.1) is 11.3 Å². The van der Waals surface area contributed by atoms with E-state index in [0.29, 0.717) is 43.9 Å². The van der Waals surface area contributed by atoms with Crippen molar-refractivity contribution in [3.05, 3.63) is 30.3 Å². The summed E-state index contributed by atoms with van der Waals surface area (Å²) in [7, 11) is -3.46. The van der Waals surface area contributed by atoms with Crippen LogP contribution in [-0.2, 0) is 14.8 Å². The molecule has 0 radical (unpaired) electrons. The number of likely N-dealkylation sites (tertiary alicyclic amines) is 1. The lowest BCUT2D eigenvalue weighted by atomic mass is 9.90. The number of piperidine rings is 1. The predicted octanol–water partition coefficient (Wildman–Crippen LogP) is 1.28. The Morgan fingerprint density at radius 2 is 1.84 bits per heavy atom. The number of nitrogens with two attached hydrogens (primary N) is 1. The fraction of sp³-hybridized carbons (Fsp3) is 0.611. The van der Waals surface area contributed by atoms with Crippen LogP contribution in [0.4, 0.5) is 0 Å². The summed E-state index contributed by atoms with van der Waals surface area (Å²) >= 11 is 0. The van der Waals surface area contributed by atoms with E-state index in [1.807, 2.05) is 4.90 Å². The first-order valence-corrected chi connectivity index (χ1v) is 10.3. The van der Waals surface area contributed by atoms with Crippen molar-refractivity contribution in [1.29, 1.82) is 0 Å². The highest BCUT2D eigenvalue weighted by Gasteiger charge is 2.39. The van der Waals surface area contributed by atoms with E-state index in [9.17, 15) is 13.2 Å². The van der Waals surface area contributed by atoms with E-state index in [1.54, 1.807) is 30.3 Å². The number of carbonyl (C=O) groups is 1. The van der Waals surface area contributed by atoms with E-state index in [2.05, 4.69) is 6.92 Å². The minimum absolute atomic E-state index is 0.0208. The number of hydrogen-bond acceptors (Lipinski definition) is 4. The van der Waals surface area contributed by atoms with E-state index in [-0.39, 0.29) is 17.2 Å². The van der Waals surface area contributed by atoms with Gasteiger partial charge in [0.1, 0.15) is 0 Å². The van der Waals surface area contributed by atoms with Crippen LogP contribution in [0.5, 0.6) is 0 Å². The Morgan fingerprint density at radius 1 is 1.20 bits per heavy atom. The molecule has 2 aliphatic rings. The molecule has 7 heteroatoms. The second-order valence-electron chi connectivity index (χ2n) is 7.52. The van der Waals surface area contributed by atoms with Crippen LogP contribution in [0.3, 0.4) is 0 Å². The number of carbonyl (C=O) groups excluding carboxylic acids is 1. The number of hydrogen-bond donors (Lipinski definition) is 1. The zero-order valence-electron chi connectivity index (χ0n) is 14.7. The molecule has 3 rings (SSSR count). The monoisotopic (exact) mass is 365 g/mol. The molecule has 6 nitrogen and oxygen atoms in total. The summed E-state index contributed by atoms with van der Waals surface area (Å²) in [5.41, 5.74) is 5.84. The fourth-order valence-electron chi connectivity index (χ4n) is 3.72. The first kappa shape index (κ1) is 18.4. The summed E-state index contributed by atoms with van der Waals surface area (Å²) in [6.45, 7) is 4.98. The van der Waals surface area contributed by atoms with Gasteiger partial charge in [0.15, 0.2) is 0 Å². The Hall–Kier alpha value is -1.44. The third-order valence-corrected chi connectivity index (χ3v) is 7.46. The van der Waals surface area contributed by atoms with Gasteiger partial charge in [-0.3, -0.25) is 4.79 Å². The van der Waals surface area contributed by atoms with Gasteiger partial charge in [-0.05, 0) is 43.4 Å². The summed E-state index contributed by atoms with van der Waals surface area (Å²) in [4.78, 5) is 15.0. The van der Waals surface area contributed by atoms with Crippen LogP contribution in [0.25, 0.3) is 0 Å². The molecule has 2 heterocycles. The van der Waals surface area contributed by atoms with Gasteiger partial charge in [0.25, 0.3) is 0 Å². The van der Waals surface area contributed by atoms with Crippen molar-refractivity contribution >= 4 is 15.9 Å². The molecular formula is C18H27N3O3S. The van der Waals surface area contributed by atoms with Crippen molar-refractivity contribution < 1.29 is 13.2 Å². The molecule has 2 fully saturated rings. The average molecular weight is 365 g/mol. The van der Waals surface area contributed by atoms with E-state index < -0.39 is 10.0 Å². The molecule has 1 atom stereocenters. The van der Waals surface area contributed by atoms with Crippen molar-refractivity contribution in [2.45, 2.75) is 31.1 Å². The largest absolute Gasteiger partial charge is 0.342 e. The molecule has 0 spiro atoms. The lowest BCUT2D eigenvalue weighted by molar-refractivity contribution is -0.136. The Bertz CT molecular complexity index is 714. The number of nitrogens with zero attached hydrogens (tertiary/aromatic N) is 2. The standard InChI is InChI=1S/C18H27N3O3S/c1-18(13-19)9-12-20(14-18)17(22)15-7-10-21(11-8-15)25(23,24)16-5-3-2-4-6-16/h2-6,15H,7-14,19H2,1H3. The molecule has 2 N–H and O–H groups in total. The topological polar surface area (TPSA) is 83.7 Å². The van der Waals surface area contributed by atoms with E-state index in [0.717, 1.165) is 13.0 Å². The zero-order chi connectivity index (χ0) is 18.1. The lowest BCUT2D eigenvalue weighted by Gasteiger charge is -2.33. The highest BCUT2D eigenvalue weighted by atomic mass is 32.2. The molecule has 1 aromatic rings. The van der Waals surface area contributed by atoms with Crippen LogP contribution in [0.1, 0.15) is 26.2 Å². The molecular weight excluding hydrogens is 338 g/mol. The van der Waals surface area contributed by atoms with Gasteiger partial charge in [0, 0.05) is 32.1 Å². The fourth-order valence-corrected chi connectivity index (χ4v) is 5.21. The molecule has 138 valence electrons. The van der Waals surface area contributed by atoms with Crippen LogP contribution >= 0.6 is 0 Å². The summed E-state index contributed by atoms with van der Waals surface area (Å²) in [6.07, 6.45) is 2.11. The lowest BCUT2D eigenvalue weighted by Crippen LogP contribution is -2.44. The van der Waals surface area contributed by atoms with Crippen LogP contribution in [-0.4, -0.2) is 56.3 Å². The minimum Gasteiger partial charge on any atom is -0.342 e. The smallest absolute Gasteiger partial charge is 0.243 e. The molecule has 1 unspecified atom stereocenters. The SMILES string of the molecule is CC1(CN)CCN(C(=O)C2CCN(S(=O)(=O)c3ccccc3)CC2)C1. The Balaban J connectivity index is 1.60. The van der Waals surface area contributed by atoms with Gasteiger partial charge in [-0.25, -0.2) is 8.42 Å². The van der Waals surface area contributed by atoms with Crippen molar-refractivity contribution in [3.63, 3.8) is 0 Å². The van der Waals surface area contributed by atoms with Gasteiger partial charge >= 0.3 is 0 Å². The van der Waals surface area contributed by atoms with E-state index in [1.165, 1.54) is 4.31 Å². The summed E-state index contributed by atoms with van der Waals surface area (Å²) < 4.78 is 26.8. The molecule has 2 aliphatic heterocycles. The number of rotatable bonds is 4. The van der Waals surface area contributed by atoms with Gasteiger partial charge in [0.05, 0.1) is 4.90 Å². The molecule has 25 heavy (non-hydrogen) atoms. The number of benzene rings is 1. The summed E-state index contributed by atoms with van der Waals surface area (Å²) in [6, 6.07) is 8.49. The number of amides is 1. The van der Waals surface area contributed by atoms with Crippen molar-refractivity contribution in [1.82, 2.24) is 9.21 Å². The maximum atomic E-state index is 12.7. The number of sulfonamides is 1. The van der Waals surface area contributed by atoms with Gasteiger partial charge in [-0.1, -0.05) is 25.1 Å². The quantitative estimate of drug-likeness (QED) is 0.871. The highest BCUT2D eigenvalue weighted by molar-refractivity contribution is 7.89. The first-order valence-electron chi connectivity index (χ1n) is 8.90. The summed E-state index contributed by atoms with van der Waals surface area (Å²) in [5, 5.41) is 0. The first-order chi connectivity index (χ1) is 11.9. The van der Waals surface area contributed by atoms with Crippen LogP contribution in [0.2, 0.25) is 0 Å². The van der Waals surface area contributed by atoms with Gasteiger partial charge < -0.3 is 10.6 Å². The minimum atomic E-state index is -3.46. The highest BCUT2D eigenvalue weighted by Crippen LogP contribution is 2.32. The molecule has 1 amide bonds. The predicted molar refractivity (Wildman–Crippen MR) is 96.3 cm³/mol. The zero-order valence-corrected chi connectivity index (χ0v) is 15.5. The second kappa shape index (κ2) is 7.05. The Kier molecular flexibility index (Phi) is 5.18. The van der Waals surface area contributed by atoms with Gasteiger partial charge in [-0.2, -0.15) is 4.31 Å². The maximum absolute atomic E-state index is 12.7. The third kappa shape index (κ3) is 3.73. The van der Waals surface area contributed by atoms with Gasteiger partial charge in [-0.15, -0.1) is 0 Å². The average Bonchev–Trinajstić information content (AvgIpc) is 3.05. The van der Waals surface area contributed by atoms with Crippen molar-refractivity contribution in [2.24, 2.45) is 17.1 Å². The Morgan fingerprint density at radius 3 is 2.40 bits per heavy atom. The molecule has 0 aliphatic carbocycles. The molecule has 1 aromatic carbocycles. The van der Waals surface area contributed by atoms with E-state index >= 15 is 0 Å². The molecule has 0 bridgehead atoms. The normalized spacial score (nSPS) is 26.1. The van der Waals surface area contributed by atoms with Crippen molar-refractivity contribution in [2.75, 3.05) is 32.7 Å². The molecule has 0 saturated carbocycles. The van der Waals surface area contributed by atoms with Gasteiger partial charge in [0.2, 0.25) is 15.9 Å². The maximum Gasteiger partial charge on any atom is 0.243 e. The second-order valence-corrected chi connectivity index (χ2v) is 9.45. The van der Waals surface area contributed by atoms with Crippen molar-refractivity contribution in [3.8, 4) is 0 Å². The van der Waals surface area contributed by atoms with E-state index in [4.69, 9.17) is 5.73 Å². The van der Waals surface area contributed by atoms with Crippen LogP contribution in [0.15, 0.2) is 35.2 Å². The summed E-state index contributed by atoms with van der Waals surface area (Å²) in [5.74, 6) is 0.0799. The Labute approximate surface area is 150 Å². The third-order valence-electron chi connectivity index (χ3n) is 5.55. The molecule has 2 saturated heterocycles. The molecule has 0 aromatic heterocycles. The van der Waals surface area contributed by atoms with Crippen LogP contribution < -0.4 is 5.73 Å².